The van der Waals surface area contributed by atoms with Crippen LogP contribution in [0.5, 0.6) is 5.75 Å². The number of rotatable bonds is 5. The number of hydrogen-bond donors (Lipinski definition) is 3. The third kappa shape index (κ3) is 4.90. The zero-order valence-corrected chi connectivity index (χ0v) is 13.8. The molecule has 0 radical (unpaired) electrons. The number of hydrogen-bond acceptors (Lipinski definition) is 5. The fraction of sp³-hybridized carbons (Fsp3) is 0.0667. The Morgan fingerprint density at radius 2 is 2.08 bits per heavy atom. The van der Waals surface area contributed by atoms with Crippen LogP contribution < -0.4 is 10.7 Å². The first-order chi connectivity index (χ1) is 11.5. The van der Waals surface area contributed by atoms with Gasteiger partial charge in [0.1, 0.15) is 0 Å². The Kier molecular flexibility index (Phi) is 6.05. The van der Waals surface area contributed by atoms with Crippen molar-refractivity contribution in [3.8, 4) is 5.75 Å². The molecular formula is C15H13ClN4O3S. The van der Waals surface area contributed by atoms with Crippen LogP contribution in [0.25, 0.3) is 0 Å². The minimum Gasteiger partial charge on any atom is -0.502 e. The second kappa shape index (κ2) is 8.23. The summed E-state index contributed by atoms with van der Waals surface area (Å²) in [6.45, 7) is 0.524. The fourth-order valence-electron chi connectivity index (χ4n) is 1.82. The molecule has 24 heavy (non-hydrogen) atoms. The Hall–Kier alpha value is -2.71. The van der Waals surface area contributed by atoms with Crippen molar-refractivity contribution in [1.29, 1.82) is 0 Å². The highest BCUT2D eigenvalue weighted by molar-refractivity contribution is 7.80. The molecule has 0 aromatic heterocycles. The van der Waals surface area contributed by atoms with E-state index in [2.05, 4.69) is 15.8 Å². The molecule has 9 heteroatoms. The Morgan fingerprint density at radius 3 is 2.75 bits per heavy atom. The largest absolute Gasteiger partial charge is 0.502 e. The molecule has 0 heterocycles. The summed E-state index contributed by atoms with van der Waals surface area (Å²) in [5.41, 5.74) is 3.22. The molecule has 0 fully saturated rings. The van der Waals surface area contributed by atoms with Crippen molar-refractivity contribution >= 4 is 40.8 Å². The molecule has 2 aromatic rings. The molecule has 0 aliphatic rings. The SMILES string of the molecule is O=[N+]([O-])c1cc(Cl)cc(/C=N\NC(=S)NCc2ccccc2)c1O. The lowest BCUT2D eigenvalue weighted by Crippen LogP contribution is -2.31. The number of halogens is 1. The van der Waals surface area contributed by atoms with Crippen LogP contribution in [0.4, 0.5) is 5.69 Å². The number of nitro benzene ring substituents is 1. The minimum absolute atomic E-state index is 0.104. The lowest BCUT2D eigenvalue weighted by atomic mass is 10.2. The van der Waals surface area contributed by atoms with Gasteiger partial charge in [-0.15, -0.1) is 0 Å². The van der Waals surface area contributed by atoms with E-state index < -0.39 is 16.4 Å². The van der Waals surface area contributed by atoms with Gasteiger partial charge in [0.05, 0.1) is 11.1 Å². The normalized spacial score (nSPS) is 10.5. The highest BCUT2D eigenvalue weighted by atomic mass is 35.5. The summed E-state index contributed by atoms with van der Waals surface area (Å²) in [7, 11) is 0. The molecule has 0 aliphatic heterocycles. The van der Waals surface area contributed by atoms with Crippen molar-refractivity contribution in [1.82, 2.24) is 10.7 Å². The van der Waals surface area contributed by atoms with Gasteiger partial charge in [-0.05, 0) is 23.8 Å². The van der Waals surface area contributed by atoms with Crippen LogP contribution in [0.15, 0.2) is 47.6 Å². The number of phenols is 1. The van der Waals surface area contributed by atoms with E-state index >= 15 is 0 Å². The predicted molar refractivity (Wildman–Crippen MR) is 96.4 cm³/mol. The van der Waals surface area contributed by atoms with E-state index in [1.165, 1.54) is 12.3 Å². The molecule has 0 saturated carbocycles. The average molecular weight is 365 g/mol. The monoisotopic (exact) mass is 364 g/mol. The molecule has 0 unspecified atom stereocenters. The predicted octanol–water partition coefficient (Wildman–Crippen LogP) is 2.95. The van der Waals surface area contributed by atoms with Gasteiger partial charge >= 0.3 is 5.69 Å². The lowest BCUT2D eigenvalue weighted by molar-refractivity contribution is -0.385. The van der Waals surface area contributed by atoms with Crippen molar-refractivity contribution in [3.63, 3.8) is 0 Å². The topological polar surface area (TPSA) is 99.8 Å². The molecule has 0 bridgehead atoms. The number of nitro groups is 1. The summed E-state index contributed by atoms with van der Waals surface area (Å²) in [5.74, 6) is -0.516. The van der Waals surface area contributed by atoms with Gasteiger partial charge in [0, 0.05) is 23.2 Å². The minimum atomic E-state index is -0.724. The summed E-state index contributed by atoms with van der Waals surface area (Å²) in [6.07, 6.45) is 1.20. The zero-order valence-electron chi connectivity index (χ0n) is 12.3. The number of benzene rings is 2. The lowest BCUT2D eigenvalue weighted by Gasteiger charge is -2.07. The smallest absolute Gasteiger partial charge is 0.312 e. The van der Waals surface area contributed by atoms with Crippen molar-refractivity contribution in [2.24, 2.45) is 5.10 Å². The molecule has 3 N–H and O–H groups in total. The van der Waals surface area contributed by atoms with Crippen LogP contribution in [0.3, 0.4) is 0 Å². The van der Waals surface area contributed by atoms with Crippen LogP contribution in [-0.4, -0.2) is 21.4 Å². The number of aromatic hydroxyl groups is 1. The summed E-state index contributed by atoms with van der Waals surface area (Å²) in [6, 6.07) is 12.1. The van der Waals surface area contributed by atoms with Crippen molar-refractivity contribution in [2.45, 2.75) is 6.54 Å². The number of nitrogens with one attached hydrogen (secondary N) is 2. The molecule has 124 valence electrons. The third-order valence-corrected chi connectivity index (χ3v) is 3.40. The molecule has 2 rings (SSSR count). The molecule has 0 atom stereocenters. The second-order valence-electron chi connectivity index (χ2n) is 4.66. The van der Waals surface area contributed by atoms with Gasteiger partial charge in [0.2, 0.25) is 5.75 Å². The van der Waals surface area contributed by atoms with Crippen LogP contribution in [0.1, 0.15) is 11.1 Å². The van der Waals surface area contributed by atoms with E-state index in [4.69, 9.17) is 23.8 Å². The zero-order chi connectivity index (χ0) is 17.5. The van der Waals surface area contributed by atoms with E-state index in [1.54, 1.807) is 0 Å². The Balaban J connectivity index is 1.96. The summed E-state index contributed by atoms with van der Waals surface area (Å²) >= 11 is 10.9. The van der Waals surface area contributed by atoms with Crippen molar-refractivity contribution < 1.29 is 10.0 Å². The van der Waals surface area contributed by atoms with Crippen LogP contribution in [-0.2, 0) is 6.54 Å². The molecule has 0 amide bonds. The molecule has 0 spiro atoms. The van der Waals surface area contributed by atoms with Gasteiger partial charge in [0.15, 0.2) is 5.11 Å². The molecule has 7 nitrogen and oxygen atoms in total. The highest BCUT2D eigenvalue weighted by Crippen LogP contribution is 2.32. The summed E-state index contributed by atoms with van der Waals surface area (Å²) in [5, 5.41) is 27.8. The quantitative estimate of drug-likeness (QED) is 0.326. The molecule has 0 saturated heterocycles. The third-order valence-electron chi connectivity index (χ3n) is 2.95. The number of nitrogens with zero attached hydrogens (tertiary/aromatic N) is 2. The fourth-order valence-corrected chi connectivity index (χ4v) is 2.17. The van der Waals surface area contributed by atoms with E-state index in [1.807, 2.05) is 30.3 Å². The number of hydrazone groups is 1. The van der Waals surface area contributed by atoms with Gasteiger partial charge in [-0.25, -0.2) is 0 Å². The number of thiocarbonyl (C=S) groups is 1. The maximum absolute atomic E-state index is 10.8. The second-order valence-corrected chi connectivity index (χ2v) is 5.50. The maximum atomic E-state index is 10.8. The van der Waals surface area contributed by atoms with Crippen molar-refractivity contribution in [2.75, 3.05) is 0 Å². The average Bonchev–Trinajstić information content (AvgIpc) is 2.56. The molecule has 2 aromatic carbocycles. The Morgan fingerprint density at radius 1 is 1.38 bits per heavy atom. The van der Waals surface area contributed by atoms with Gasteiger partial charge in [-0.1, -0.05) is 41.9 Å². The van der Waals surface area contributed by atoms with Crippen molar-refractivity contribution in [3.05, 3.63) is 68.7 Å². The summed E-state index contributed by atoms with van der Waals surface area (Å²) in [4.78, 5) is 10.1. The summed E-state index contributed by atoms with van der Waals surface area (Å²) < 4.78 is 0. The van der Waals surface area contributed by atoms with E-state index in [-0.39, 0.29) is 15.7 Å². The van der Waals surface area contributed by atoms with Gasteiger partial charge in [-0.3, -0.25) is 15.5 Å². The van der Waals surface area contributed by atoms with E-state index in [0.29, 0.717) is 6.54 Å². The van der Waals surface area contributed by atoms with E-state index in [9.17, 15) is 15.2 Å². The van der Waals surface area contributed by atoms with Crippen LogP contribution >= 0.6 is 23.8 Å². The Labute approximate surface area is 148 Å². The van der Waals surface area contributed by atoms with E-state index in [0.717, 1.165) is 11.6 Å². The first kappa shape index (κ1) is 17.6. The van der Waals surface area contributed by atoms with Crippen LogP contribution in [0, 0.1) is 10.1 Å². The number of phenolic OH excluding ortho intramolecular Hbond substituents is 1. The Bertz CT molecular complexity index is 784. The highest BCUT2D eigenvalue weighted by Gasteiger charge is 2.17. The van der Waals surface area contributed by atoms with Crippen LogP contribution in [0.2, 0.25) is 5.02 Å². The first-order valence-electron chi connectivity index (χ1n) is 6.75. The molecular weight excluding hydrogens is 352 g/mol. The van der Waals surface area contributed by atoms with Gasteiger partial charge in [-0.2, -0.15) is 5.10 Å². The van der Waals surface area contributed by atoms with Gasteiger partial charge in [0.25, 0.3) is 0 Å². The maximum Gasteiger partial charge on any atom is 0.312 e. The van der Waals surface area contributed by atoms with Gasteiger partial charge < -0.3 is 10.4 Å². The standard InChI is InChI=1S/C15H13ClN4O3S/c16-12-6-11(14(21)13(7-12)20(22)23)9-18-19-15(24)17-8-10-4-2-1-3-5-10/h1-7,9,21H,8H2,(H2,17,19,24)/b18-9-. The molecule has 0 aliphatic carbocycles. The first-order valence-corrected chi connectivity index (χ1v) is 7.53.